The third-order valence-corrected chi connectivity index (χ3v) is 5.33. The van der Waals surface area contributed by atoms with Gasteiger partial charge in [0.2, 0.25) is 0 Å². The third-order valence-electron chi connectivity index (χ3n) is 5.33. The molecule has 0 spiro atoms. The van der Waals surface area contributed by atoms with Crippen LogP contribution in [0.15, 0.2) is 97.1 Å². The molecule has 0 bridgehead atoms. The van der Waals surface area contributed by atoms with Crippen LogP contribution in [0.4, 0.5) is 8.78 Å². The average molecular weight is 446 g/mol. The van der Waals surface area contributed by atoms with Gasteiger partial charge in [0.1, 0.15) is 23.3 Å². The Kier molecular flexibility index (Phi) is 5.59. The van der Waals surface area contributed by atoms with E-state index in [1.807, 2.05) is 60.7 Å². The number of hydrogen-bond acceptors (Lipinski definition) is 4. The number of benzene rings is 4. The van der Waals surface area contributed by atoms with E-state index in [9.17, 15) is 8.78 Å². The first-order valence-corrected chi connectivity index (χ1v) is 10.5. The molecule has 162 valence electrons. The molecule has 5 aromatic rings. The van der Waals surface area contributed by atoms with E-state index >= 15 is 0 Å². The van der Waals surface area contributed by atoms with E-state index in [1.54, 1.807) is 24.3 Å². The second-order valence-corrected chi connectivity index (χ2v) is 7.54. The standard InChI is InChI=1S/C28H16F2N4/c29-24-15-22(16-25(30)23(24)17-31)18-11-13-21(14-12-18)28-33-26(19-7-3-1-4-8-19)32-27(34-28)20-9-5-2-6-10-20/h1-16H. The predicted molar refractivity (Wildman–Crippen MR) is 126 cm³/mol. The van der Waals surface area contributed by atoms with Gasteiger partial charge in [-0.05, 0) is 23.3 Å². The molecule has 0 unspecified atom stereocenters. The second kappa shape index (κ2) is 9.00. The van der Waals surface area contributed by atoms with Crippen molar-refractivity contribution in [2.75, 3.05) is 0 Å². The Bertz CT molecular complexity index is 1430. The molecule has 0 N–H and O–H groups in total. The van der Waals surface area contributed by atoms with Crippen molar-refractivity contribution in [2.24, 2.45) is 0 Å². The van der Waals surface area contributed by atoms with Crippen LogP contribution in [-0.2, 0) is 0 Å². The van der Waals surface area contributed by atoms with E-state index in [2.05, 4.69) is 15.0 Å². The van der Waals surface area contributed by atoms with Gasteiger partial charge in [-0.1, -0.05) is 84.9 Å². The number of nitriles is 1. The van der Waals surface area contributed by atoms with Crippen LogP contribution in [0.2, 0.25) is 0 Å². The maximum Gasteiger partial charge on any atom is 0.164 e. The normalized spacial score (nSPS) is 10.6. The van der Waals surface area contributed by atoms with Gasteiger partial charge < -0.3 is 0 Å². The topological polar surface area (TPSA) is 62.5 Å². The number of rotatable bonds is 4. The van der Waals surface area contributed by atoms with Crippen LogP contribution in [0, 0.1) is 23.0 Å². The molecule has 5 rings (SSSR count). The molecule has 4 nitrogen and oxygen atoms in total. The lowest BCUT2D eigenvalue weighted by molar-refractivity contribution is 0.577. The summed E-state index contributed by atoms with van der Waals surface area (Å²) in [6.07, 6.45) is 0. The molecule has 0 aliphatic rings. The van der Waals surface area contributed by atoms with E-state index in [-0.39, 0.29) is 0 Å². The van der Waals surface area contributed by atoms with E-state index in [4.69, 9.17) is 5.26 Å². The molecule has 0 aliphatic carbocycles. The Morgan fingerprint density at radius 2 is 0.882 bits per heavy atom. The van der Waals surface area contributed by atoms with Crippen LogP contribution in [0.3, 0.4) is 0 Å². The van der Waals surface area contributed by atoms with Crippen LogP contribution in [0.25, 0.3) is 45.3 Å². The van der Waals surface area contributed by atoms with Gasteiger partial charge in [0, 0.05) is 16.7 Å². The van der Waals surface area contributed by atoms with Gasteiger partial charge in [0.25, 0.3) is 0 Å². The van der Waals surface area contributed by atoms with Gasteiger partial charge >= 0.3 is 0 Å². The quantitative estimate of drug-likeness (QED) is 0.309. The lowest BCUT2D eigenvalue weighted by Crippen LogP contribution is -2.00. The SMILES string of the molecule is N#Cc1c(F)cc(-c2ccc(-c3nc(-c4ccccc4)nc(-c4ccccc4)n3)cc2)cc1F. The Balaban J connectivity index is 1.58. The lowest BCUT2D eigenvalue weighted by atomic mass is 10.0. The molecule has 1 aromatic heterocycles. The van der Waals surface area contributed by atoms with Crippen molar-refractivity contribution in [3.05, 3.63) is 114 Å². The van der Waals surface area contributed by atoms with Crippen molar-refractivity contribution in [1.82, 2.24) is 15.0 Å². The minimum Gasteiger partial charge on any atom is -0.208 e. The van der Waals surface area contributed by atoms with Crippen LogP contribution in [-0.4, -0.2) is 15.0 Å². The smallest absolute Gasteiger partial charge is 0.164 e. The maximum atomic E-state index is 14.1. The van der Waals surface area contributed by atoms with Gasteiger partial charge in [-0.15, -0.1) is 0 Å². The van der Waals surface area contributed by atoms with Crippen LogP contribution in [0.5, 0.6) is 0 Å². The summed E-state index contributed by atoms with van der Waals surface area (Å²) in [5.41, 5.74) is 2.81. The number of nitrogens with zero attached hydrogens (tertiary/aromatic N) is 4. The Morgan fingerprint density at radius 1 is 0.500 bits per heavy atom. The minimum absolute atomic E-state index is 0.339. The van der Waals surface area contributed by atoms with Gasteiger partial charge in [0.15, 0.2) is 17.5 Å². The Morgan fingerprint density at radius 3 is 1.29 bits per heavy atom. The van der Waals surface area contributed by atoms with E-state index < -0.39 is 17.2 Å². The van der Waals surface area contributed by atoms with Gasteiger partial charge in [-0.3, -0.25) is 0 Å². The largest absolute Gasteiger partial charge is 0.208 e. The Hall–Kier alpha value is -4.76. The predicted octanol–water partition coefficient (Wildman–Crippen LogP) is 6.69. The molecule has 6 heteroatoms. The minimum atomic E-state index is -0.890. The fourth-order valence-electron chi connectivity index (χ4n) is 3.60. The van der Waals surface area contributed by atoms with Crippen LogP contribution < -0.4 is 0 Å². The van der Waals surface area contributed by atoms with Crippen molar-refractivity contribution in [3.63, 3.8) is 0 Å². The summed E-state index contributed by atoms with van der Waals surface area (Å²) in [6, 6.07) is 30.2. The molecule has 0 amide bonds. The molecule has 0 fully saturated rings. The van der Waals surface area contributed by atoms with Gasteiger partial charge in [0.05, 0.1) is 0 Å². The van der Waals surface area contributed by atoms with Crippen molar-refractivity contribution < 1.29 is 8.78 Å². The molecule has 4 aromatic carbocycles. The third kappa shape index (κ3) is 4.15. The molecule has 0 saturated heterocycles. The van der Waals surface area contributed by atoms with Crippen molar-refractivity contribution in [3.8, 4) is 51.4 Å². The fraction of sp³-hybridized carbons (Fsp3) is 0. The zero-order valence-corrected chi connectivity index (χ0v) is 17.8. The van der Waals surface area contributed by atoms with Gasteiger partial charge in [-0.25, -0.2) is 23.7 Å². The van der Waals surface area contributed by atoms with E-state index in [0.717, 1.165) is 28.8 Å². The summed E-state index contributed by atoms with van der Waals surface area (Å²) >= 11 is 0. The molecule has 34 heavy (non-hydrogen) atoms. The summed E-state index contributed by atoms with van der Waals surface area (Å²) in [6.45, 7) is 0. The summed E-state index contributed by atoms with van der Waals surface area (Å²) in [4.78, 5) is 14.0. The molecular weight excluding hydrogens is 430 g/mol. The fourth-order valence-corrected chi connectivity index (χ4v) is 3.60. The van der Waals surface area contributed by atoms with Crippen molar-refractivity contribution >= 4 is 0 Å². The van der Waals surface area contributed by atoms with Crippen molar-refractivity contribution in [2.45, 2.75) is 0 Å². The number of aromatic nitrogens is 3. The average Bonchev–Trinajstić information content (AvgIpc) is 2.89. The molecule has 0 atom stereocenters. The molecule has 0 radical (unpaired) electrons. The molecule has 0 saturated carbocycles. The monoisotopic (exact) mass is 446 g/mol. The number of halogens is 2. The van der Waals surface area contributed by atoms with Crippen molar-refractivity contribution in [1.29, 1.82) is 5.26 Å². The van der Waals surface area contributed by atoms with Crippen LogP contribution in [0.1, 0.15) is 5.56 Å². The first kappa shape index (κ1) is 21.1. The summed E-state index contributed by atoms with van der Waals surface area (Å²) < 4.78 is 28.1. The zero-order chi connectivity index (χ0) is 23.5. The second-order valence-electron chi connectivity index (χ2n) is 7.54. The molecule has 0 aliphatic heterocycles. The van der Waals surface area contributed by atoms with E-state index in [1.165, 1.54) is 6.07 Å². The lowest BCUT2D eigenvalue weighted by Gasteiger charge is -2.09. The highest BCUT2D eigenvalue weighted by Crippen LogP contribution is 2.28. The summed E-state index contributed by atoms with van der Waals surface area (Å²) in [5, 5.41) is 8.88. The highest BCUT2D eigenvalue weighted by atomic mass is 19.1. The highest BCUT2D eigenvalue weighted by molar-refractivity contribution is 5.71. The summed E-state index contributed by atoms with van der Waals surface area (Å²) in [5.74, 6) is -0.205. The van der Waals surface area contributed by atoms with Crippen LogP contribution >= 0.6 is 0 Å². The molecular formula is C28H16F2N4. The highest BCUT2D eigenvalue weighted by Gasteiger charge is 2.14. The number of hydrogen-bond donors (Lipinski definition) is 0. The zero-order valence-electron chi connectivity index (χ0n) is 17.8. The summed E-state index contributed by atoms with van der Waals surface area (Å²) in [7, 11) is 0. The molecule has 1 heterocycles. The first-order valence-electron chi connectivity index (χ1n) is 10.5. The van der Waals surface area contributed by atoms with Gasteiger partial charge in [-0.2, -0.15) is 5.26 Å². The Labute approximate surface area is 194 Å². The maximum absolute atomic E-state index is 14.1. The van der Waals surface area contributed by atoms with E-state index in [0.29, 0.717) is 28.6 Å². The first-order chi connectivity index (χ1) is 16.6.